The van der Waals surface area contributed by atoms with E-state index in [1.807, 2.05) is 0 Å². The smallest absolute Gasteiger partial charge is 0.155 e. The second-order valence-electron chi connectivity index (χ2n) is 2.74. The Morgan fingerprint density at radius 3 is 2.92 bits per heavy atom. The monoisotopic (exact) mass is 167 g/mol. The molecule has 2 rings (SSSR count). The normalized spacial score (nSPS) is 17.3. The molecule has 0 spiro atoms. The Morgan fingerprint density at radius 2 is 2.50 bits per heavy atom. The van der Waals surface area contributed by atoms with Crippen LogP contribution in [0.5, 0.6) is 0 Å². The molecule has 0 atom stereocenters. The van der Waals surface area contributed by atoms with Gasteiger partial charge in [0.05, 0.1) is 25.0 Å². The maximum atomic E-state index is 10.4. The number of aldehydes is 1. The Hall–Kier alpha value is -1.36. The number of rotatable bonds is 2. The maximum absolute atomic E-state index is 10.4. The predicted molar refractivity (Wildman–Crippen MR) is 41.9 cm³/mol. The van der Waals surface area contributed by atoms with Gasteiger partial charge in [-0.3, -0.25) is 4.79 Å². The van der Waals surface area contributed by atoms with E-state index in [-0.39, 0.29) is 6.04 Å². The molecule has 12 heavy (non-hydrogen) atoms. The molecule has 2 N–H and O–H groups in total. The Morgan fingerprint density at radius 1 is 1.75 bits per heavy atom. The minimum Gasteiger partial charge on any atom is -0.383 e. The zero-order valence-electron chi connectivity index (χ0n) is 6.43. The van der Waals surface area contributed by atoms with Crippen LogP contribution < -0.4 is 5.73 Å². The van der Waals surface area contributed by atoms with Crippen LogP contribution in [-0.4, -0.2) is 29.3 Å². The largest absolute Gasteiger partial charge is 0.383 e. The van der Waals surface area contributed by atoms with Crippen LogP contribution in [0.4, 0.5) is 5.82 Å². The number of carbonyl (C=O) groups excluding carboxylic acids is 1. The maximum Gasteiger partial charge on any atom is 0.155 e. The summed E-state index contributed by atoms with van der Waals surface area (Å²) in [5.74, 6) is 0.429. The van der Waals surface area contributed by atoms with Crippen molar-refractivity contribution in [2.75, 3.05) is 18.9 Å². The van der Waals surface area contributed by atoms with Crippen molar-refractivity contribution in [3.8, 4) is 0 Å². The van der Waals surface area contributed by atoms with Gasteiger partial charge in [-0.1, -0.05) is 0 Å². The molecule has 2 heterocycles. The molecule has 0 radical (unpaired) electrons. The molecule has 1 saturated heterocycles. The summed E-state index contributed by atoms with van der Waals surface area (Å²) in [5.41, 5.74) is 6.08. The van der Waals surface area contributed by atoms with Gasteiger partial charge in [-0.15, -0.1) is 0 Å². The molecule has 1 aromatic rings. The second-order valence-corrected chi connectivity index (χ2v) is 2.74. The Bertz CT molecular complexity index is 304. The quantitative estimate of drug-likeness (QED) is 0.622. The number of carbonyl (C=O) groups is 1. The zero-order chi connectivity index (χ0) is 8.55. The van der Waals surface area contributed by atoms with Gasteiger partial charge in [0, 0.05) is 0 Å². The highest BCUT2D eigenvalue weighted by molar-refractivity contribution is 5.81. The van der Waals surface area contributed by atoms with E-state index in [4.69, 9.17) is 10.5 Å². The number of hydrogen-bond donors (Lipinski definition) is 1. The van der Waals surface area contributed by atoms with Gasteiger partial charge in [-0.2, -0.15) is 5.10 Å². The van der Waals surface area contributed by atoms with E-state index in [1.54, 1.807) is 4.68 Å². The van der Waals surface area contributed by atoms with Crippen LogP contribution in [0.3, 0.4) is 0 Å². The minimum absolute atomic E-state index is 0.207. The van der Waals surface area contributed by atoms with Crippen LogP contribution in [0.2, 0.25) is 0 Å². The highest BCUT2D eigenvalue weighted by Crippen LogP contribution is 2.21. The number of ether oxygens (including phenoxy) is 1. The van der Waals surface area contributed by atoms with Crippen LogP contribution in [-0.2, 0) is 4.74 Å². The van der Waals surface area contributed by atoms with Crippen LogP contribution >= 0.6 is 0 Å². The molecule has 1 aromatic heterocycles. The lowest BCUT2D eigenvalue weighted by molar-refractivity contribution is -0.0276. The van der Waals surface area contributed by atoms with E-state index < -0.39 is 0 Å². The standard InChI is InChI=1S/C7H9N3O2/c8-7-5(2-11)1-9-10(7)6-3-12-4-6/h1-2,6H,3-4,8H2. The number of nitrogens with zero attached hydrogens (tertiary/aromatic N) is 2. The summed E-state index contributed by atoms with van der Waals surface area (Å²) < 4.78 is 6.61. The summed E-state index contributed by atoms with van der Waals surface area (Å²) in [7, 11) is 0. The van der Waals surface area contributed by atoms with E-state index >= 15 is 0 Å². The Balaban J connectivity index is 2.31. The van der Waals surface area contributed by atoms with Crippen molar-refractivity contribution in [1.82, 2.24) is 9.78 Å². The fraction of sp³-hybridized carbons (Fsp3) is 0.429. The van der Waals surface area contributed by atoms with Crippen molar-refractivity contribution in [2.24, 2.45) is 0 Å². The van der Waals surface area contributed by atoms with Gasteiger partial charge in [0.15, 0.2) is 6.29 Å². The summed E-state index contributed by atoms with van der Waals surface area (Å²) in [4.78, 5) is 10.4. The summed E-state index contributed by atoms with van der Waals surface area (Å²) in [6.07, 6.45) is 2.18. The summed E-state index contributed by atoms with van der Waals surface area (Å²) in [6, 6.07) is 0.207. The number of nitrogen functional groups attached to an aromatic ring is 1. The molecule has 0 bridgehead atoms. The van der Waals surface area contributed by atoms with Crippen LogP contribution in [0.25, 0.3) is 0 Å². The summed E-state index contributed by atoms with van der Waals surface area (Å²) in [5, 5.41) is 3.99. The van der Waals surface area contributed by atoms with E-state index in [0.29, 0.717) is 30.9 Å². The number of hydrogen-bond acceptors (Lipinski definition) is 4. The van der Waals surface area contributed by atoms with Gasteiger partial charge < -0.3 is 10.5 Å². The van der Waals surface area contributed by atoms with Gasteiger partial charge >= 0.3 is 0 Å². The lowest BCUT2D eigenvalue weighted by atomic mass is 10.2. The van der Waals surface area contributed by atoms with Crippen molar-refractivity contribution < 1.29 is 9.53 Å². The number of anilines is 1. The predicted octanol–water partition coefficient (Wildman–Crippen LogP) is -0.151. The van der Waals surface area contributed by atoms with Crippen molar-refractivity contribution in [3.63, 3.8) is 0 Å². The molecular weight excluding hydrogens is 158 g/mol. The van der Waals surface area contributed by atoms with Gasteiger partial charge in [0.2, 0.25) is 0 Å². The van der Waals surface area contributed by atoms with E-state index in [0.717, 1.165) is 0 Å². The molecule has 5 nitrogen and oxygen atoms in total. The highest BCUT2D eigenvalue weighted by atomic mass is 16.5. The average Bonchev–Trinajstić information content (AvgIpc) is 2.30. The fourth-order valence-corrected chi connectivity index (χ4v) is 1.13. The SMILES string of the molecule is Nc1c(C=O)cnn1C1COC1. The van der Waals surface area contributed by atoms with Crippen molar-refractivity contribution in [2.45, 2.75) is 6.04 Å². The van der Waals surface area contributed by atoms with Crippen molar-refractivity contribution in [3.05, 3.63) is 11.8 Å². The van der Waals surface area contributed by atoms with Gasteiger partial charge in [0.25, 0.3) is 0 Å². The molecular formula is C7H9N3O2. The number of aromatic nitrogens is 2. The van der Waals surface area contributed by atoms with Crippen LogP contribution in [0.15, 0.2) is 6.20 Å². The molecule has 1 aliphatic heterocycles. The molecule has 1 fully saturated rings. The lowest BCUT2D eigenvalue weighted by Gasteiger charge is -2.26. The number of nitrogens with two attached hydrogens (primary N) is 1. The van der Waals surface area contributed by atoms with Crippen LogP contribution in [0, 0.1) is 0 Å². The first-order valence-electron chi connectivity index (χ1n) is 3.69. The van der Waals surface area contributed by atoms with Crippen LogP contribution in [0.1, 0.15) is 16.4 Å². The molecule has 0 amide bonds. The third-order valence-electron chi connectivity index (χ3n) is 1.96. The molecule has 0 aromatic carbocycles. The lowest BCUT2D eigenvalue weighted by Crippen LogP contribution is -2.32. The third kappa shape index (κ3) is 0.902. The molecule has 0 aliphatic carbocycles. The first-order chi connectivity index (χ1) is 5.83. The average molecular weight is 167 g/mol. The minimum atomic E-state index is 0.207. The van der Waals surface area contributed by atoms with Crippen molar-refractivity contribution in [1.29, 1.82) is 0 Å². The van der Waals surface area contributed by atoms with Gasteiger partial charge in [-0.05, 0) is 0 Å². The van der Waals surface area contributed by atoms with Gasteiger partial charge in [-0.25, -0.2) is 4.68 Å². The zero-order valence-corrected chi connectivity index (χ0v) is 6.43. The second kappa shape index (κ2) is 2.60. The molecule has 1 aliphatic rings. The van der Waals surface area contributed by atoms with E-state index in [2.05, 4.69) is 5.10 Å². The molecule has 64 valence electrons. The summed E-state index contributed by atoms with van der Waals surface area (Å²) >= 11 is 0. The molecule has 0 saturated carbocycles. The first-order valence-corrected chi connectivity index (χ1v) is 3.69. The molecule has 0 unspecified atom stereocenters. The topological polar surface area (TPSA) is 70.1 Å². The van der Waals surface area contributed by atoms with E-state index in [9.17, 15) is 4.79 Å². The molecule has 5 heteroatoms. The van der Waals surface area contributed by atoms with Crippen molar-refractivity contribution >= 4 is 12.1 Å². The Labute approximate surface area is 69.1 Å². The highest BCUT2D eigenvalue weighted by Gasteiger charge is 2.23. The summed E-state index contributed by atoms with van der Waals surface area (Å²) in [6.45, 7) is 1.26. The first kappa shape index (κ1) is 7.30. The van der Waals surface area contributed by atoms with Gasteiger partial charge in [0.1, 0.15) is 11.9 Å². The van der Waals surface area contributed by atoms with E-state index in [1.165, 1.54) is 6.20 Å². The Kier molecular flexibility index (Phi) is 1.58. The third-order valence-corrected chi connectivity index (χ3v) is 1.96. The fourth-order valence-electron chi connectivity index (χ4n) is 1.13.